The molecule has 7 heteroatoms. The molecule has 0 atom stereocenters. The third-order valence-corrected chi connectivity index (χ3v) is 5.10. The van der Waals surface area contributed by atoms with Crippen LogP contribution in [0.4, 0.5) is 0 Å². The lowest BCUT2D eigenvalue weighted by atomic mass is 10.2. The van der Waals surface area contributed by atoms with Crippen molar-refractivity contribution in [3.63, 3.8) is 0 Å². The topological polar surface area (TPSA) is 58.9 Å². The number of hydrogen-bond acceptors (Lipinski definition) is 4. The van der Waals surface area contributed by atoms with Crippen LogP contribution >= 0.6 is 27.7 Å². The van der Waals surface area contributed by atoms with Crippen molar-refractivity contribution in [2.75, 3.05) is 0 Å². The molecule has 0 spiro atoms. The van der Waals surface area contributed by atoms with Gasteiger partial charge in [0.15, 0.2) is 5.16 Å². The highest BCUT2D eigenvalue weighted by molar-refractivity contribution is 9.10. The van der Waals surface area contributed by atoms with Crippen LogP contribution < -0.4 is 0 Å². The van der Waals surface area contributed by atoms with E-state index in [0.29, 0.717) is 5.78 Å². The van der Waals surface area contributed by atoms with E-state index in [1.165, 1.54) is 5.56 Å². The molecule has 0 aliphatic rings. The molecular formula is C15H12BrN5S. The predicted molar refractivity (Wildman–Crippen MR) is 91.1 cm³/mol. The van der Waals surface area contributed by atoms with E-state index < -0.39 is 0 Å². The number of hydrogen-bond donors (Lipinski definition) is 1. The minimum atomic E-state index is 0.699. The Balaban J connectivity index is 1.61. The van der Waals surface area contributed by atoms with Gasteiger partial charge in [0, 0.05) is 18.1 Å². The summed E-state index contributed by atoms with van der Waals surface area (Å²) in [5, 5.41) is 0.900. The molecular weight excluding hydrogens is 362 g/mol. The summed E-state index contributed by atoms with van der Waals surface area (Å²) in [7, 11) is 0. The second kappa shape index (κ2) is 5.40. The third-order valence-electron chi connectivity index (χ3n) is 3.37. The lowest BCUT2D eigenvalue weighted by Crippen LogP contribution is -1.85. The van der Waals surface area contributed by atoms with Crippen molar-refractivity contribution in [2.45, 2.75) is 17.8 Å². The van der Waals surface area contributed by atoms with E-state index in [1.807, 2.05) is 22.7 Å². The molecule has 0 amide bonds. The highest BCUT2D eigenvalue weighted by Gasteiger charge is 2.11. The summed E-state index contributed by atoms with van der Waals surface area (Å²) < 4.78 is 2.87. The summed E-state index contributed by atoms with van der Waals surface area (Å²) in [4.78, 5) is 16.7. The minimum absolute atomic E-state index is 0.699. The molecule has 0 saturated carbocycles. The highest BCUT2D eigenvalue weighted by Crippen LogP contribution is 2.27. The van der Waals surface area contributed by atoms with Crippen LogP contribution in [-0.4, -0.2) is 24.3 Å². The first kappa shape index (κ1) is 13.8. The van der Waals surface area contributed by atoms with Crippen molar-refractivity contribution in [2.24, 2.45) is 0 Å². The monoisotopic (exact) mass is 373 g/mol. The van der Waals surface area contributed by atoms with Crippen molar-refractivity contribution < 1.29 is 0 Å². The summed E-state index contributed by atoms with van der Waals surface area (Å²) in [6, 6.07) is 8.10. The molecule has 110 valence electrons. The zero-order valence-corrected chi connectivity index (χ0v) is 14.1. The Labute approximate surface area is 139 Å². The van der Waals surface area contributed by atoms with Gasteiger partial charge in [-0.25, -0.2) is 15.0 Å². The largest absolute Gasteiger partial charge is 0.333 e. The Morgan fingerprint density at radius 3 is 3.09 bits per heavy atom. The van der Waals surface area contributed by atoms with Gasteiger partial charge in [-0.3, -0.25) is 4.40 Å². The van der Waals surface area contributed by atoms with Crippen LogP contribution in [0.15, 0.2) is 46.4 Å². The Kier molecular flexibility index (Phi) is 3.38. The first-order valence-corrected chi connectivity index (χ1v) is 8.55. The Bertz CT molecular complexity index is 975. The number of aromatic amines is 1. The van der Waals surface area contributed by atoms with Gasteiger partial charge in [0.1, 0.15) is 4.60 Å². The molecule has 0 unspecified atom stereocenters. The number of fused-ring (bicyclic) bond motifs is 2. The smallest absolute Gasteiger partial charge is 0.234 e. The van der Waals surface area contributed by atoms with Crippen molar-refractivity contribution in [3.8, 4) is 0 Å². The van der Waals surface area contributed by atoms with Crippen molar-refractivity contribution in [3.05, 3.63) is 52.5 Å². The van der Waals surface area contributed by atoms with Gasteiger partial charge in [0.05, 0.1) is 16.7 Å². The van der Waals surface area contributed by atoms with Crippen LogP contribution in [0.1, 0.15) is 11.3 Å². The number of nitrogens with one attached hydrogen (secondary N) is 1. The molecule has 0 bridgehead atoms. The van der Waals surface area contributed by atoms with E-state index >= 15 is 0 Å². The maximum atomic E-state index is 4.59. The molecule has 3 aromatic heterocycles. The standard InChI is InChI=1S/C15H12BrN5S/c1-9-3-4-10-11(7-9)20-15(19-10)22-8-12-13(16)21-6-2-5-17-14(21)18-12/h2-7H,8H2,1H3,(H,19,20). The predicted octanol–water partition coefficient (Wildman–Crippen LogP) is 3.97. The van der Waals surface area contributed by atoms with Crippen LogP contribution in [0.3, 0.4) is 0 Å². The average Bonchev–Trinajstić information content (AvgIpc) is 3.06. The van der Waals surface area contributed by atoms with Gasteiger partial charge in [-0.1, -0.05) is 17.8 Å². The van der Waals surface area contributed by atoms with Crippen molar-refractivity contribution in [1.29, 1.82) is 0 Å². The number of aryl methyl sites for hydroxylation is 1. The van der Waals surface area contributed by atoms with Gasteiger partial charge < -0.3 is 4.98 Å². The number of H-pyrrole nitrogens is 1. The molecule has 0 fully saturated rings. The van der Waals surface area contributed by atoms with Crippen LogP contribution in [0, 0.1) is 6.92 Å². The number of thioether (sulfide) groups is 1. The van der Waals surface area contributed by atoms with Gasteiger partial charge in [-0.15, -0.1) is 0 Å². The quantitative estimate of drug-likeness (QED) is 0.552. The van der Waals surface area contributed by atoms with E-state index in [9.17, 15) is 0 Å². The fourth-order valence-corrected chi connectivity index (χ4v) is 3.81. The number of rotatable bonds is 3. The van der Waals surface area contributed by atoms with E-state index in [2.05, 4.69) is 54.9 Å². The molecule has 0 aliphatic carbocycles. The Morgan fingerprint density at radius 2 is 2.23 bits per heavy atom. The second-order valence-corrected chi connectivity index (χ2v) is 6.71. The lowest BCUT2D eigenvalue weighted by Gasteiger charge is -1.95. The van der Waals surface area contributed by atoms with Gasteiger partial charge in [-0.2, -0.15) is 0 Å². The van der Waals surface area contributed by atoms with Crippen molar-refractivity contribution >= 4 is 44.5 Å². The normalized spacial score (nSPS) is 11.5. The van der Waals surface area contributed by atoms with E-state index in [1.54, 1.807) is 18.0 Å². The molecule has 1 N–H and O–H groups in total. The van der Waals surface area contributed by atoms with Crippen LogP contribution in [0.25, 0.3) is 16.8 Å². The number of benzene rings is 1. The highest BCUT2D eigenvalue weighted by atomic mass is 79.9. The molecule has 4 aromatic rings. The van der Waals surface area contributed by atoms with Crippen LogP contribution in [-0.2, 0) is 5.75 Å². The summed E-state index contributed by atoms with van der Waals surface area (Å²) in [5.74, 6) is 1.42. The molecule has 0 aliphatic heterocycles. The fourth-order valence-electron chi connectivity index (χ4n) is 2.30. The summed E-state index contributed by atoms with van der Waals surface area (Å²) in [6.45, 7) is 2.08. The van der Waals surface area contributed by atoms with Crippen molar-refractivity contribution in [1.82, 2.24) is 24.3 Å². The SMILES string of the molecule is Cc1ccc2nc(SCc3nc4ncccn4c3Br)[nH]c2c1. The van der Waals surface area contributed by atoms with Gasteiger partial charge in [0.25, 0.3) is 0 Å². The number of aromatic nitrogens is 5. The number of halogens is 1. The van der Waals surface area contributed by atoms with E-state index in [0.717, 1.165) is 32.2 Å². The number of nitrogens with zero attached hydrogens (tertiary/aromatic N) is 4. The molecule has 0 saturated heterocycles. The number of imidazole rings is 2. The average molecular weight is 374 g/mol. The Morgan fingerprint density at radius 1 is 1.32 bits per heavy atom. The minimum Gasteiger partial charge on any atom is -0.333 e. The Hall–Kier alpha value is -1.86. The zero-order valence-electron chi connectivity index (χ0n) is 11.7. The van der Waals surface area contributed by atoms with E-state index in [4.69, 9.17) is 0 Å². The van der Waals surface area contributed by atoms with E-state index in [-0.39, 0.29) is 0 Å². The van der Waals surface area contributed by atoms with Gasteiger partial charge in [-0.05, 0) is 46.6 Å². The lowest BCUT2D eigenvalue weighted by molar-refractivity contribution is 1.07. The van der Waals surface area contributed by atoms with Crippen LogP contribution in [0.5, 0.6) is 0 Å². The van der Waals surface area contributed by atoms with Gasteiger partial charge in [0.2, 0.25) is 5.78 Å². The maximum Gasteiger partial charge on any atom is 0.234 e. The summed E-state index contributed by atoms with van der Waals surface area (Å²) >= 11 is 5.22. The van der Waals surface area contributed by atoms with Crippen LogP contribution in [0.2, 0.25) is 0 Å². The van der Waals surface area contributed by atoms with Gasteiger partial charge >= 0.3 is 0 Å². The molecule has 5 nitrogen and oxygen atoms in total. The second-order valence-electron chi connectivity index (χ2n) is 4.99. The fraction of sp³-hybridized carbons (Fsp3) is 0.133. The molecule has 22 heavy (non-hydrogen) atoms. The molecule has 1 aromatic carbocycles. The summed E-state index contributed by atoms with van der Waals surface area (Å²) in [6.07, 6.45) is 3.69. The zero-order chi connectivity index (χ0) is 15.1. The molecule has 3 heterocycles. The maximum absolute atomic E-state index is 4.59. The molecule has 4 rings (SSSR count). The summed E-state index contributed by atoms with van der Waals surface area (Å²) in [5.41, 5.74) is 4.24. The first-order chi connectivity index (χ1) is 10.7. The third kappa shape index (κ3) is 2.40. The first-order valence-electron chi connectivity index (χ1n) is 6.77. The molecule has 0 radical (unpaired) electrons.